The van der Waals surface area contributed by atoms with Crippen LogP contribution in [-0.4, -0.2) is 48.0 Å². The number of nitrogens with two attached hydrogens (primary N) is 1. The lowest BCUT2D eigenvalue weighted by Crippen LogP contribution is -2.47. The van der Waals surface area contributed by atoms with Crippen molar-refractivity contribution in [2.45, 2.75) is 29.8 Å². The minimum atomic E-state index is -3.94. The number of aliphatic hydroxyl groups is 1. The second-order valence-corrected chi connectivity index (χ2v) is 10.9. The molecule has 0 radical (unpaired) electrons. The number of piperidine rings is 1. The van der Waals surface area contributed by atoms with Crippen molar-refractivity contribution in [2.75, 3.05) is 13.1 Å². The predicted octanol–water partition coefficient (Wildman–Crippen LogP) is 3.90. The van der Waals surface area contributed by atoms with E-state index in [2.05, 4.69) is 4.98 Å². The standard InChI is InChI=1S/C28H26FN3O4S/c29-24-6-2-1-4-21(24)18-28(34)13-16-32(17-14-28)27(33)20-9-7-19(8-10-20)22-11-12-25(37(30,35)36)26-23(22)5-3-15-31-26/h1-12,15,34H,13-14,16-18H2,(H2,30,35,36). The number of nitrogens with zero attached hydrogens (tertiary/aromatic N) is 2. The number of primary sulfonamides is 1. The van der Waals surface area contributed by atoms with Gasteiger partial charge in [-0.2, -0.15) is 0 Å². The molecule has 1 fully saturated rings. The molecule has 0 unspecified atom stereocenters. The number of halogens is 1. The second-order valence-electron chi connectivity index (χ2n) is 9.42. The lowest BCUT2D eigenvalue weighted by atomic mass is 9.85. The molecule has 1 aromatic heterocycles. The van der Waals surface area contributed by atoms with E-state index in [-0.39, 0.29) is 23.0 Å². The molecule has 5 rings (SSSR count). The molecule has 190 valence electrons. The minimum Gasteiger partial charge on any atom is -0.389 e. The number of amides is 1. The van der Waals surface area contributed by atoms with Crippen LogP contribution >= 0.6 is 0 Å². The monoisotopic (exact) mass is 519 g/mol. The van der Waals surface area contributed by atoms with Crippen LogP contribution in [0.3, 0.4) is 0 Å². The fraction of sp³-hybridized carbons (Fsp3) is 0.214. The third kappa shape index (κ3) is 5.11. The molecule has 1 aliphatic rings. The number of hydrogen-bond donors (Lipinski definition) is 2. The van der Waals surface area contributed by atoms with Crippen molar-refractivity contribution in [1.82, 2.24) is 9.88 Å². The van der Waals surface area contributed by atoms with Crippen molar-refractivity contribution in [1.29, 1.82) is 0 Å². The van der Waals surface area contributed by atoms with Crippen LogP contribution in [0.15, 0.2) is 83.9 Å². The van der Waals surface area contributed by atoms with Crippen LogP contribution in [-0.2, 0) is 16.4 Å². The number of aromatic nitrogens is 1. The van der Waals surface area contributed by atoms with Crippen molar-refractivity contribution >= 4 is 26.8 Å². The van der Waals surface area contributed by atoms with Gasteiger partial charge in [0.2, 0.25) is 10.0 Å². The predicted molar refractivity (Wildman–Crippen MR) is 139 cm³/mol. The van der Waals surface area contributed by atoms with Crippen molar-refractivity contribution in [2.24, 2.45) is 5.14 Å². The summed E-state index contributed by atoms with van der Waals surface area (Å²) in [4.78, 5) is 19.0. The first-order valence-corrected chi connectivity index (χ1v) is 13.5. The van der Waals surface area contributed by atoms with Crippen LogP contribution < -0.4 is 5.14 Å². The number of sulfonamides is 1. The molecule has 1 saturated heterocycles. The quantitative estimate of drug-likeness (QED) is 0.415. The number of carbonyl (C=O) groups is 1. The average Bonchev–Trinajstić information content (AvgIpc) is 2.89. The van der Waals surface area contributed by atoms with Gasteiger partial charge in [-0.3, -0.25) is 9.78 Å². The first-order valence-electron chi connectivity index (χ1n) is 11.9. The van der Waals surface area contributed by atoms with E-state index in [4.69, 9.17) is 5.14 Å². The maximum atomic E-state index is 14.0. The number of carbonyl (C=O) groups excluding carboxylic acids is 1. The van der Waals surface area contributed by atoms with E-state index in [1.165, 1.54) is 18.3 Å². The van der Waals surface area contributed by atoms with E-state index >= 15 is 0 Å². The van der Waals surface area contributed by atoms with Crippen LogP contribution in [0.4, 0.5) is 4.39 Å². The van der Waals surface area contributed by atoms with E-state index in [1.807, 2.05) is 12.1 Å². The van der Waals surface area contributed by atoms with Crippen molar-refractivity contribution in [3.05, 3.63) is 95.9 Å². The maximum absolute atomic E-state index is 14.0. The van der Waals surface area contributed by atoms with Gasteiger partial charge in [-0.05, 0) is 59.9 Å². The number of benzene rings is 3. The first-order chi connectivity index (χ1) is 17.6. The summed E-state index contributed by atoms with van der Waals surface area (Å²) in [6.07, 6.45) is 2.45. The molecule has 1 aliphatic heterocycles. The molecule has 3 N–H and O–H groups in total. The van der Waals surface area contributed by atoms with Gasteiger partial charge in [-0.1, -0.05) is 42.5 Å². The van der Waals surface area contributed by atoms with Gasteiger partial charge in [0.15, 0.2) is 0 Å². The van der Waals surface area contributed by atoms with E-state index in [9.17, 15) is 22.7 Å². The van der Waals surface area contributed by atoms with Gasteiger partial charge < -0.3 is 10.0 Å². The SMILES string of the molecule is NS(=O)(=O)c1ccc(-c2ccc(C(=O)N3CCC(O)(Cc4ccccc4F)CC3)cc2)c2cccnc12. The molecule has 0 atom stereocenters. The van der Waals surface area contributed by atoms with Crippen molar-refractivity contribution in [3.63, 3.8) is 0 Å². The number of hydrogen-bond acceptors (Lipinski definition) is 5. The molecule has 4 aromatic rings. The average molecular weight is 520 g/mol. The Morgan fingerprint density at radius 3 is 2.38 bits per heavy atom. The van der Waals surface area contributed by atoms with E-state index in [1.54, 1.807) is 53.4 Å². The van der Waals surface area contributed by atoms with E-state index in [0.29, 0.717) is 48.0 Å². The van der Waals surface area contributed by atoms with Gasteiger partial charge in [-0.25, -0.2) is 17.9 Å². The zero-order chi connectivity index (χ0) is 26.2. The van der Waals surface area contributed by atoms with Crippen LogP contribution in [0.1, 0.15) is 28.8 Å². The highest BCUT2D eigenvalue weighted by molar-refractivity contribution is 7.89. The Labute approximate surface area is 214 Å². The van der Waals surface area contributed by atoms with Gasteiger partial charge >= 0.3 is 0 Å². The molecular formula is C28H26FN3O4S. The van der Waals surface area contributed by atoms with Gasteiger partial charge in [0, 0.05) is 36.7 Å². The third-order valence-corrected chi connectivity index (χ3v) is 7.88. The van der Waals surface area contributed by atoms with E-state index < -0.39 is 15.6 Å². The summed E-state index contributed by atoms with van der Waals surface area (Å²) in [5.41, 5.74) is 1.78. The Hall–Kier alpha value is -3.66. The summed E-state index contributed by atoms with van der Waals surface area (Å²) in [5, 5.41) is 17.0. The topological polar surface area (TPSA) is 114 Å². The summed E-state index contributed by atoms with van der Waals surface area (Å²) in [7, 11) is -3.94. The third-order valence-electron chi connectivity index (χ3n) is 6.94. The fourth-order valence-electron chi connectivity index (χ4n) is 4.90. The molecule has 0 spiro atoms. The zero-order valence-corrected chi connectivity index (χ0v) is 20.8. The van der Waals surface area contributed by atoms with Crippen LogP contribution in [0.25, 0.3) is 22.0 Å². The van der Waals surface area contributed by atoms with Crippen molar-refractivity contribution < 1.29 is 22.7 Å². The minimum absolute atomic E-state index is 0.0429. The van der Waals surface area contributed by atoms with Crippen LogP contribution in [0.2, 0.25) is 0 Å². The normalized spacial score (nSPS) is 15.6. The molecule has 9 heteroatoms. The molecule has 3 aromatic carbocycles. The number of rotatable bonds is 5. The maximum Gasteiger partial charge on any atom is 0.253 e. The summed E-state index contributed by atoms with van der Waals surface area (Å²) in [6, 6.07) is 20.1. The summed E-state index contributed by atoms with van der Waals surface area (Å²) in [6.45, 7) is 0.744. The Morgan fingerprint density at radius 1 is 1.00 bits per heavy atom. The van der Waals surface area contributed by atoms with Gasteiger partial charge in [-0.15, -0.1) is 0 Å². The molecule has 0 bridgehead atoms. The first kappa shape index (κ1) is 25.0. The molecule has 0 saturated carbocycles. The number of pyridine rings is 1. The Balaban J connectivity index is 1.32. The largest absolute Gasteiger partial charge is 0.389 e. The molecular weight excluding hydrogens is 493 g/mol. The van der Waals surface area contributed by atoms with Crippen LogP contribution in [0, 0.1) is 5.82 Å². The van der Waals surface area contributed by atoms with Gasteiger partial charge in [0.1, 0.15) is 10.7 Å². The Kier molecular flexibility index (Phi) is 6.53. The molecule has 1 amide bonds. The summed E-state index contributed by atoms with van der Waals surface area (Å²) >= 11 is 0. The highest BCUT2D eigenvalue weighted by Crippen LogP contribution is 2.32. The summed E-state index contributed by atoms with van der Waals surface area (Å²) in [5.74, 6) is -0.479. The molecule has 37 heavy (non-hydrogen) atoms. The van der Waals surface area contributed by atoms with Gasteiger partial charge in [0.25, 0.3) is 5.91 Å². The smallest absolute Gasteiger partial charge is 0.253 e. The Bertz CT molecular complexity index is 1580. The number of fused-ring (bicyclic) bond motifs is 1. The lowest BCUT2D eigenvalue weighted by molar-refractivity contribution is -0.0167. The van der Waals surface area contributed by atoms with Gasteiger partial charge in [0.05, 0.1) is 11.1 Å². The Morgan fingerprint density at radius 2 is 1.70 bits per heavy atom. The summed E-state index contributed by atoms with van der Waals surface area (Å²) < 4.78 is 38.0. The lowest BCUT2D eigenvalue weighted by Gasteiger charge is -2.38. The van der Waals surface area contributed by atoms with Crippen LogP contribution in [0.5, 0.6) is 0 Å². The highest BCUT2D eigenvalue weighted by atomic mass is 32.2. The zero-order valence-electron chi connectivity index (χ0n) is 20.0. The number of likely N-dealkylation sites (tertiary alicyclic amines) is 1. The molecule has 7 nitrogen and oxygen atoms in total. The van der Waals surface area contributed by atoms with Crippen molar-refractivity contribution in [3.8, 4) is 11.1 Å². The second kappa shape index (κ2) is 9.66. The molecule has 2 heterocycles. The molecule has 0 aliphatic carbocycles. The van der Waals surface area contributed by atoms with E-state index in [0.717, 1.165) is 11.1 Å². The fourth-order valence-corrected chi connectivity index (χ4v) is 5.59. The highest BCUT2D eigenvalue weighted by Gasteiger charge is 2.35.